The molecule has 0 aromatic carbocycles. The Morgan fingerprint density at radius 2 is 2.44 bits per heavy atom. The average molecular weight is 336 g/mol. The number of hydrogen-bond donors (Lipinski definition) is 2. The number of hydrogen-bond acceptors (Lipinski definition) is 4. The van der Waals surface area contributed by atoms with Crippen LogP contribution < -0.4 is 5.32 Å². The zero-order chi connectivity index (χ0) is 13.1. The largest absolute Gasteiger partial charge is 0.465 e. The molecule has 8 heteroatoms. The summed E-state index contributed by atoms with van der Waals surface area (Å²) in [6.07, 6.45) is 2.41. The van der Waals surface area contributed by atoms with Gasteiger partial charge in [-0.2, -0.15) is 4.98 Å². The number of carbonyl (C=O) groups is 1. The summed E-state index contributed by atoms with van der Waals surface area (Å²) >= 11 is 9.05. The molecule has 0 spiro atoms. The van der Waals surface area contributed by atoms with Crippen molar-refractivity contribution in [3.8, 4) is 0 Å². The van der Waals surface area contributed by atoms with Crippen LogP contribution >= 0.6 is 27.5 Å². The molecule has 1 aromatic rings. The Bertz CT molecular complexity index is 460. The monoisotopic (exact) mass is 334 g/mol. The van der Waals surface area contributed by atoms with Crippen LogP contribution in [0.3, 0.4) is 0 Å². The van der Waals surface area contributed by atoms with Crippen LogP contribution in [0.25, 0.3) is 0 Å². The van der Waals surface area contributed by atoms with Gasteiger partial charge in [0.2, 0.25) is 5.28 Å². The first-order valence-corrected chi connectivity index (χ1v) is 6.66. The maximum Gasteiger partial charge on any atom is 0.407 e. The van der Waals surface area contributed by atoms with Crippen molar-refractivity contribution in [2.75, 3.05) is 18.4 Å². The van der Waals surface area contributed by atoms with Crippen LogP contribution in [0.15, 0.2) is 10.7 Å². The summed E-state index contributed by atoms with van der Waals surface area (Å²) in [5.74, 6) is 0.590. The highest BCUT2D eigenvalue weighted by molar-refractivity contribution is 9.10. The summed E-state index contributed by atoms with van der Waals surface area (Å²) < 4.78 is 0.708. The summed E-state index contributed by atoms with van der Waals surface area (Å²) in [5, 5.41) is 12.3. The molecular weight excluding hydrogens is 323 g/mol. The number of likely N-dealkylation sites (tertiary alicyclic amines) is 1. The number of halogens is 2. The highest BCUT2D eigenvalue weighted by Crippen LogP contribution is 2.23. The fourth-order valence-corrected chi connectivity index (χ4v) is 2.35. The second kappa shape index (κ2) is 5.71. The molecule has 1 amide bonds. The number of nitrogens with zero attached hydrogens (tertiary/aromatic N) is 3. The lowest BCUT2D eigenvalue weighted by Gasteiger charge is -2.31. The maximum absolute atomic E-state index is 10.9. The molecule has 0 bridgehead atoms. The zero-order valence-electron chi connectivity index (χ0n) is 9.44. The van der Waals surface area contributed by atoms with E-state index in [2.05, 4.69) is 31.2 Å². The quantitative estimate of drug-likeness (QED) is 0.812. The highest BCUT2D eigenvalue weighted by Gasteiger charge is 2.23. The number of carboxylic acid groups (broad SMARTS) is 1. The third-order valence-electron chi connectivity index (χ3n) is 2.75. The van der Waals surface area contributed by atoms with Gasteiger partial charge in [-0.3, -0.25) is 0 Å². The first-order chi connectivity index (χ1) is 8.56. The van der Waals surface area contributed by atoms with Gasteiger partial charge in [-0.1, -0.05) is 0 Å². The average Bonchev–Trinajstić information content (AvgIpc) is 2.34. The Kier molecular flexibility index (Phi) is 4.23. The van der Waals surface area contributed by atoms with Crippen molar-refractivity contribution >= 4 is 39.4 Å². The second-order valence-corrected chi connectivity index (χ2v) is 5.24. The van der Waals surface area contributed by atoms with Gasteiger partial charge in [0.05, 0.1) is 4.47 Å². The van der Waals surface area contributed by atoms with E-state index in [4.69, 9.17) is 16.7 Å². The molecule has 98 valence electrons. The third kappa shape index (κ3) is 3.23. The summed E-state index contributed by atoms with van der Waals surface area (Å²) in [6.45, 7) is 1.03. The number of nitrogens with one attached hydrogen (secondary N) is 1. The molecule has 2 N–H and O–H groups in total. The van der Waals surface area contributed by atoms with E-state index in [-0.39, 0.29) is 11.3 Å². The fourth-order valence-electron chi connectivity index (χ4n) is 1.91. The molecule has 0 aliphatic carbocycles. The minimum atomic E-state index is -0.888. The predicted molar refractivity (Wildman–Crippen MR) is 71.0 cm³/mol. The molecule has 0 unspecified atom stereocenters. The normalized spacial score (nSPS) is 19.7. The van der Waals surface area contributed by atoms with Crippen molar-refractivity contribution in [3.63, 3.8) is 0 Å². The topological polar surface area (TPSA) is 78.4 Å². The Balaban J connectivity index is 2.04. The standard InChI is InChI=1S/C10H12BrClN4O2/c11-7-4-13-9(12)15-8(7)14-6-2-1-3-16(5-6)10(17)18/h4,6H,1-3,5H2,(H,17,18)(H,13,14,15)/t6-/m0/s1. The molecule has 1 saturated heterocycles. The molecule has 1 aliphatic heterocycles. The fraction of sp³-hybridized carbons (Fsp3) is 0.500. The van der Waals surface area contributed by atoms with E-state index in [1.54, 1.807) is 6.20 Å². The molecule has 18 heavy (non-hydrogen) atoms. The Morgan fingerprint density at radius 3 is 3.17 bits per heavy atom. The molecule has 2 rings (SSSR count). The van der Waals surface area contributed by atoms with E-state index in [1.807, 2.05) is 0 Å². The molecule has 0 saturated carbocycles. The molecule has 0 radical (unpaired) electrons. The first kappa shape index (κ1) is 13.4. The van der Waals surface area contributed by atoms with Gasteiger partial charge in [0, 0.05) is 25.3 Å². The van der Waals surface area contributed by atoms with Crippen LogP contribution in [0.1, 0.15) is 12.8 Å². The molecule has 1 atom stereocenters. The lowest BCUT2D eigenvalue weighted by Crippen LogP contribution is -2.44. The minimum Gasteiger partial charge on any atom is -0.465 e. The van der Waals surface area contributed by atoms with Crippen molar-refractivity contribution in [2.45, 2.75) is 18.9 Å². The Hall–Kier alpha value is -1.08. The van der Waals surface area contributed by atoms with Crippen LogP contribution in [0, 0.1) is 0 Å². The van der Waals surface area contributed by atoms with Crippen LogP contribution in [0.2, 0.25) is 5.28 Å². The van der Waals surface area contributed by atoms with Gasteiger partial charge in [0.15, 0.2) is 0 Å². The Morgan fingerprint density at radius 1 is 1.67 bits per heavy atom. The van der Waals surface area contributed by atoms with Gasteiger partial charge in [0.25, 0.3) is 0 Å². The van der Waals surface area contributed by atoms with E-state index in [9.17, 15) is 4.79 Å². The maximum atomic E-state index is 10.9. The van der Waals surface area contributed by atoms with Crippen molar-refractivity contribution in [1.29, 1.82) is 0 Å². The van der Waals surface area contributed by atoms with E-state index < -0.39 is 6.09 Å². The van der Waals surface area contributed by atoms with Crippen LogP contribution in [0.4, 0.5) is 10.6 Å². The first-order valence-electron chi connectivity index (χ1n) is 5.48. The number of amides is 1. The molecule has 1 fully saturated rings. The molecular formula is C10H12BrClN4O2. The van der Waals surface area contributed by atoms with Crippen molar-refractivity contribution in [2.24, 2.45) is 0 Å². The van der Waals surface area contributed by atoms with E-state index in [0.29, 0.717) is 23.4 Å². The van der Waals surface area contributed by atoms with Gasteiger partial charge in [-0.05, 0) is 40.4 Å². The van der Waals surface area contributed by atoms with Crippen LogP contribution in [-0.4, -0.2) is 45.2 Å². The Labute approximate surface area is 117 Å². The summed E-state index contributed by atoms with van der Waals surface area (Å²) in [7, 11) is 0. The van der Waals surface area contributed by atoms with Crippen molar-refractivity contribution < 1.29 is 9.90 Å². The molecule has 1 aliphatic rings. The smallest absolute Gasteiger partial charge is 0.407 e. The second-order valence-electron chi connectivity index (χ2n) is 4.05. The van der Waals surface area contributed by atoms with Gasteiger partial charge < -0.3 is 15.3 Å². The summed E-state index contributed by atoms with van der Waals surface area (Å²) in [6, 6.07) is 0.0390. The summed E-state index contributed by atoms with van der Waals surface area (Å²) in [4.78, 5) is 20.2. The van der Waals surface area contributed by atoms with Gasteiger partial charge in [-0.15, -0.1) is 0 Å². The predicted octanol–water partition coefficient (Wildman–Crippen LogP) is 2.45. The van der Waals surface area contributed by atoms with E-state index in [1.165, 1.54) is 4.90 Å². The molecule has 2 heterocycles. The zero-order valence-corrected chi connectivity index (χ0v) is 11.8. The molecule has 6 nitrogen and oxygen atoms in total. The third-order valence-corrected chi connectivity index (χ3v) is 3.51. The van der Waals surface area contributed by atoms with Crippen molar-refractivity contribution in [1.82, 2.24) is 14.9 Å². The van der Waals surface area contributed by atoms with Crippen LogP contribution in [0.5, 0.6) is 0 Å². The SMILES string of the molecule is O=C(O)N1CCC[C@H](Nc2nc(Cl)ncc2Br)C1. The highest BCUT2D eigenvalue weighted by atomic mass is 79.9. The molecule has 1 aromatic heterocycles. The van der Waals surface area contributed by atoms with Crippen LogP contribution in [-0.2, 0) is 0 Å². The lowest BCUT2D eigenvalue weighted by atomic mass is 10.1. The van der Waals surface area contributed by atoms with E-state index >= 15 is 0 Å². The van der Waals surface area contributed by atoms with Gasteiger partial charge >= 0.3 is 6.09 Å². The number of piperidine rings is 1. The minimum absolute atomic E-state index is 0.0390. The number of anilines is 1. The summed E-state index contributed by atoms with van der Waals surface area (Å²) in [5.41, 5.74) is 0. The van der Waals surface area contributed by atoms with E-state index in [0.717, 1.165) is 12.8 Å². The lowest BCUT2D eigenvalue weighted by molar-refractivity contribution is 0.133. The van der Waals surface area contributed by atoms with Crippen molar-refractivity contribution in [3.05, 3.63) is 16.0 Å². The number of aromatic nitrogens is 2. The van der Waals surface area contributed by atoms with Gasteiger partial charge in [0.1, 0.15) is 5.82 Å². The van der Waals surface area contributed by atoms with Gasteiger partial charge in [-0.25, -0.2) is 9.78 Å². The number of rotatable bonds is 2.